The number of methoxy groups -OCH3 is 1. The van der Waals surface area contributed by atoms with E-state index in [1.807, 2.05) is 48.5 Å². The highest BCUT2D eigenvalue weighted by atomic mass is 16.5. The van der Waals surface area contributed by atoms with Crippen molar-refractivity contribution in [1.29, 1.82) is 0 Å². The minimum Gasteiger partial charge on any atom is -0.497 e. The van der Waals surface area contributed by atoms with Crippen LogP contribution in [0, 0.1) is 0 Å². The first-order valence-electron chi connectivity index (χ1n) is 8.70. The number of rotatable bonds is 5. The maximum Gasteiger partial charge on any atom is 0.319 e. The fourth-order valence-electron chi connectivity index (χ4n) is 2.99. The molecule has 2 aromatic carbocycles. The molecule has 0 saturated carbocycles. The van der Waals surface area contributed by atoms with Gasteiger partial charge in [-0.2, -0.15) is 0 Å². The van der Waals surface area contributed by atoms with Crippen molar-refractivity contribution < 1.29 is 14.3 Å². The summed E-state index contributed by atoms with van der Waals surface area (Å²) in [6.07, 6.45) is 1.24. The van der Waals surface area contributed by atoms with Crippen LogP contribution in [0.1, 0.15) is 18.9 Å². The van der Waals surface area contributed by atoms with Crippen molar-refractivity contribution in [2.75, 3.05) is 23.9 Å². The van der Waals surface area contributed by atoms with Gasteiger partial charge in [0.15, 0.2) is 0 Å². The molecule has 26 heavy (non-hydrogen) atoms. The van der Waals surface area contributed by atoms with Crippen LogP contribution in [0.25, 0.3) is 0 Å². The summed E-state index contributed by atoms with van der Waals surface area (Å²) in [5.74, 6) is 0.733. The number of aryl methyl sites for hydroxylation is 1. The van der Waals surface area contributed by atoms with E-state index in [1.165, 1.54) is 5.56 Å². The Hall–Kier alpha value is -3.02. The van der Waals surface area contributed by atoms with Crippen LogP contribution >= 0.6 is 0 Å². The summed E-state index contributed by atoms with van der Waals surface area (Å²) < 4.78 is 5.13. The summed E-state index contributed by atoms with van der Waals surface area (Å²) in [6.45, 7) is 2.54. The van der Waals surface area contributed by atoms with Gasteiger partial charge in [-0.25, -0.2) is 4.79 Å². The Labute approximate surface area is 153 Å². The number of ether oxygens (including phenoxy) is 1. The number of anilines is 2. The average molecular weight is 353 g/mol. The van der Waals surface area contributed by atoms with E-state index in [-0.39, 0.29) is 24.4 Å². The number of carbonyl (C=O) groups excluding carboxylic acids is 2. The molecule has 0 radical (unpaired) electrons. The van der Waals surface area contributed by atoms with Crippen LogP contribution in [0.4, 0.5) is 16.2 Å². The highest BCUT2D eigenvalue weighted by molar-refractivity contribution is 5.97. The molecule has 1 unspecified atom stereocenters. The minimum atomic E-state index is -0.302. The van der Waals surface area contributed by atoms with Gasteiger partial charge in [0.1, 0.15) is 5.75 Å². The zero-order valence-electron chi connectivity index (χ0n) is 15.0. The number of carbonyl (C=O) groups is 2. The first kappa shape index (κ1) is 17.8. The van der Waals surface area contributed by atoms with Crippen molar-refractivity contribution in [3.05, 3.63) is 54.1 Å². The summed E-state index contributed by atoms with van der Waals surface area (Å²) in [5, 5.41) is 5.68. The molecule has 6 nitrogen and oxygen atoms in total. The normalized spacial score (nSPS) is 16.5. The summed E-state index contributed by atoms with van der Waals surface area (Å²) in [6, 6.07) is 14.5. The Morgan fingerprint density at radius 1 is 1.15 bits per heavy atom. The van der Waals surface area contributed by atoms with Crippen molar-refractivity contribution in [1.82, 2.24) is 5.32 Å². The maximum atomic E-state index is 12.3. The predicted molar refractivity (Wildman–Crippen MR) is 102 cm³/mol. The SMILES string of the molecule is CCc1ccc(NC(=O)NC2CC(=O)N(c3ccc(OC)cc3)C2)cc1. The first-order valence-corrected chi connectivity index (χ1v) is 8.70. The number of benzene rings is 2. The lowest BCUT2D eigenvalue weighted by Gasteiger charge is -2.18. The van der Waals surface area contributed by atoms with Crippen molar-refractivity contribution in [2.24, 2.45) is 0 Å². The van der Waals surface area contributed by atoms with Crippen molar-refractivity contribution in [2.45, 2.75) is 25.8 Å². The van der Waals surface area contributed by atoms with Gasteiger partial charge in [0.05, 0.1) is 13.2 Å². The van der Waals surface area contributed by atoms with E-state index in [0.29, 0.717) is 6.54 Å². The molecular weight excluding hydrogens is 330 g/mol. The summed E-state index contributed by atoms with van der Waals surface area (Å²) in [7, 11) is 1.60. The Morgan fingerprint density at radius 2 is 1.85 bits per heavy atom. The van der Waals surface area contributed by atoms with E-state index in [4.69, 9.17) is 4.74 Å². The molecule has 6 heteroatoms. The molecule has 3 rings (SSSR count). The molecule has 1 aliphatic heterocycles. The zero-order chi connectivity index (χ0) is 18.5. The van der Waals surface area contributed by atoms with E-state index in [1.54, 1.807) is 12.0 Å². The number of urea groups is 1. The Morgan fingerprint density at radius 3 is 2.46 bits per heavy atom. The van der Waals surface area contributed by atoms with Crippen molar-refractivity contribution in [3.63, 3.8) is 0 Å². The third-order valence-electron chi connectivity index (χ3n) is 4.46. The largest absolute Gasteiger partial charge is 0.497 e. The molecule has 1 aliphatic rings. The maximum absolute atomic E-state index is 12.3. The lowest BCUT2D eigenvalue weighted by Crippen LogP contribution is -2.39. The molecule has 1 heterocycles. The topological polar surface area (TPSA) is 70.7 Å². The van der Waals surface area contributed by atoms with Crippen LogP contribution in [0.5, 0.6) is 5.75 Å². The van der Waals surface area contributed by atoms with Gasteiger partial charge < -0.3 is 20.3 Å². The van der Waals surface area contributed by atoms with Crippen molar-refractivity contribution in [3.8, 4) is 5.75 Å². The minimum absolute atomic E-state index is 0.00670. The van der Waals surface area contributed by atoms with Crippen LogP contribution in [0.3, 0.4) is 0 Å². The number of amides is 3. The second kappa shape index (κ2) is 7.91. The van der Waals surface area contributed by atoms with Gasteiger partial charge in [-0.1, -0.05) is 19.1 Å². The third kappa shape index (κ3) is 4.14. The summed E-state index contributed by atoms with van der Waals surface area (Å²) in [4.78, 5) is 26.1. The number of hydrogen-bond acceptors (Lipinski definition) is 3. The second-order valence-electron chi connectivity index (χ2n) is 6.25. The molecule has 0 aliphatic carbocycles. The Balaban J connectivity index is 1.56. The van der Waals surface area contributed by atoms with Crippen molar-refractivity contribution >= 4 is 23.3 Å². The molecule has 2 N–H and O–H groups in total. The molecule has 1 atom stereocenters. The Kier molecular flexibility index (Phi) is 5.41. The highest BCUT2D eigenvalue weighted by Crippen LogP contribution is 2.24. The molecule has 1 saturated heterocycles. The number of hydrogen-bond donors (Lipinski definition) is 2. The third-order valence-corrected chi connectivity index (χ3v) is 4.46. The molecular formula is C20H23N3O3. The second-order valence-corrected chi connectivity index (χ2v) is 6.25. The predicted octanol–water partition coefficient (Wildman–Crippen LogP) is 3.18. The molecule has 0 spiro atoms. The lowest BCUT2D eigenvalue weighted by atomic mass is 10.1. The first-order chi connectivity index (χ1) is 12.6. The number of nitrogens with zero attached hydrogens (tertiary/aromatic N) is 1. The summed E-state index contributed by atoms with van der Waals surface area (Å²) in [5.41, 5.74) is 2.75. The van der Waals surface area contributed by atoms with Gasteiger partial charge in [-0.15, -0.1) is 0 Å². The zero-order valence-corrected chi connectivity index (χ0v) is 15.0. The van der Waals surface area contributed by atoms with Gasteiger partial charge in [0.2, 0.25) is 5.91 Å². The monoisotopic (exact) mass is 353 g/mol. The Bertz CT molecular complexity index is 772. The van der Waals surface area contributed by atoms with Gasteiger partial charge >= 0.3 is 6.03 Å². The van der Waals surface area contributed by atoms with Crippen LogP contribution < -0.4 is 20.3 Å². The van der Waals surface area contributed by atoms with E-state index < -0.39 is 0 Å². The van der Waals surface area contributed by atoms with Crippen LogP contribution in [0.15, 0.2) is 48.5 Å². The van der Waals surface area contributed by atoms with Gasteiger partial charge in [0.25, 0.3) is 0 Å². The van der Waals surface area contributed by atoms with E-state index >= 15 is 0 Å². The quantitative estimate of drug-likeness (QED) is 0.867. The molecule has 0 bridgehead atoms. The van der Waals surface area contributed by atoms with E-state index in [9.17, 15) is 9.59 Å². The van der Waals surface area contributed by atoms with Gasteiger partial charge in [-0.3, -0.25) is 4.79 Å². The van der Waals surface area contributed by atoms with E-state index in [2.05, 4.69) is 17.6 Å². The van der Waals surface area contributed by atoms with Crippen LogP contribution in [-0.2, 0) is 11.2 Å². The molecule has 136 valence electrons. The molecule has 2 aromatic rings. The molecule has 3 amide bonds. The highest BCUT2D eigenvalue weighted by Gasteiger charge is 2.31. The van der Waals surface area contributed by atoms with Crippen LogP contribution in [0.2, 0.25) is 0 Å². The van der Waals surface area contributed by atoms with E-state index in [0.717, 1.165) is 23.5 Å². The molecule has 0 aromatic heterocycles. The lowest BCUT2D eigenvalue weighted by molar-refractivity contribution is -0.117. The fraction of sp³-hybridized carbons (Fsp3) is 0.300. The fourth-order valence-corrected chi connectivity index (χ4v) is 2.99. The van der Waals surface area contributed by atoms with Gasteiger partial charge in [-0.05, 0) is 48.4 Å². The average Bonchev–Trinajstić information content (AvgIpc) is 3.02. The molecule has 1 fully saturated rings. The van der Waals surface area contributed by atoms with Gasteiger partial charge in [0, 0.05) is 24.3 Å². The standard InChI is InChI=1S/C20H23N3O3/c1-3-14-4-6-15(7-5-14)21-20(25)22-16-12-19(24)23(13-16)17-8-10-18(26-2)11-9-17/h4-11,16H,3,12-13H2,1-2H3,(H2,21,22,25). The van der Waals surface area contributed by atoms with Crippen LogP contribution in [-0.4, -0.2) is 31.6 Å². The smallest absolute Gasteiger partial charge is 0.319 e. The summed E-state index contributed by atoms with van der Waals surface area (Å²) >= 11 is 0. The number of nitrogens with one attached hydrogen (secondary N) is 2.